The summed E-state index contributed by atoms with van der Waals surface area (Å²) < 4.78 is 10.2. The van der Waals surface area contributed by atoms with Crippen LogP contribution in [0.4, 0.5) is 0 Å². The number of esters is 2. The van der Waals surface area contributed by atoms with Crippen molar-refractivity contribution in [2.45, 2.75) is 39.1 Å². The first-order valence-electron chi connectivity index (χ1n) is 5.95. The summed E-state index contributed by atoms with van der Waals surface area (Å²) in [5.74, 6) is -0.795. The highest BCUT2D eigenvalue weighted by Gasteiger charge is 2.15. The highest BCUT2D eigenvalue weighted by atomic mass is 16.6. The van der Waals surface area contributed by atoms with E-state index in [1.165, 1.54) is 0 Å². The summed E-state index contributed by atoms with van der Waals surface area (Å²) >= 11 is 0. The van der Waals surface area contributed by atoms with E-state index in [1.54, 1.807) is 23.6 Å². The third-order valence-corrected chi connectivity index (χ3v) is 2.59. The summed E-state index contributed by atoms with van der Waals surface area (Å²) in [6.45, 7) is 3.54. The molecule has 0 amide bonds. The third kappa shape index (κ3) is 7.24. The molecule has 0 radical (unpaired) electrons. The highest BCUT2D eigenvalue weighted by Crippen LogP contribution is 2.03. The van der Waals surface area contributed by atoms with Crippen LogP contribution in [0.3, 0.4) is 0 Å². The van der Waals surface area contributed by atoms with Crippen LogP contribution in [0.5, 0.6) is 0 Å². The number of carbonyl (C=O) groups excluding carboxylic acids is 2. The van der Waals surface area contributed by atoms with Crippen molar-refractivity contribution in [2.75, 3.05) is 28.2 Å². The van der Waals surface area contributed by atoms with Crippen molar-refractivity contribution >= 4 is 11.9 Å². The van der Waals surface area contributed by atoms with Crippen LogP contribution in [-0.4, -0.2) is 62.4 Å². The molecular weight excluding hydrogens is 236 g/mol. The normalized spacial score (nSPS) is 14.4. The fraction of sp³-hybridized carbons (Fsp3) is 0.833. The molecule has 0 fully saturated rings. The molecule has 0 rings (SSSR count). The number of ether oxygens (including phenoxy) is 2. The van der Waals surface area contributed by atoms with Gasteiger partial charge in [0.1, 0.15) is 0 Å². The lowest BCUT2D eigenvalue weighted by atomic mass is 10.3. The first-order valence-corrected chi connectivity index (χ1v) is 5.95. The molecule has 0 saturated carbocycles. The number of rotatable bonds is 7. The van der Waals surface area contributed by atoms with Gasteiger partial charge in [-0.25, -0.2) is 0 Å². The van der Waals surface area contributed by atoms with Gasteiger partial charge in [-0.05, 0) is 42.0 Å². The number of hydrogen-bond donors (Lipinski definition) is 0. The molecule has 0 heterocycles. The van der Waals surface area contributed by atoms with E-state index in [1.807, 2.05) is 28.2 Å². The number of nitrogens with zero attached hydrogens (tertiary/aromatic N) is 2. The largest absolute Gasteiger partial charge is 0.447 e. The molecule has 0 aromatic carbocycles. The van der Waals surface area contributed by atoms with Crippen molar-refractivity contribution in [3.05, 3.63) is 0 Å². The monoisotopic (exact) mass is 260 g/mol. The van der Waals surface area contributed by atoms with Crippen LogP contribution in [0, 0.1) is 0 Å². The van der Waals surface area contributed by atoms with Gasteiger partial charge < -0.3 is 9.47 Å². The molecule has 0 aliphatic heterocycles. The van der Waals surface area contributed by atoms with Crippen LogP contribution in [0.25, 0.3) is 0 Å². The molecule has 0 bridgehead atoms. The summed E-state index contributed by atoms with van der Waals surface area (Å²) in [6.07, 6.45) is -0.516. The Bertz CT molecular complexity index is 251. The van der Waals surface area contributed by atoms with Crippen molar-refractivity contribution in [1.29, 1.82) is 0 Å². The van der Waals surface area contributed by atoms with Gasteiger partial charge in [0, 0.05) is 0 Å². The van der Waals surface area contributed by atoms with Crippen molar-refractivity contribution in [2.24, 2.45) is 0 Å². The SMILES string of the molecule is CC(OC(=O)CCC(=O)OC(C)N(C)C)N(C)C. The van der Waals surface area contributed by atoms with Crippen LogP contribution in [0.2, 0.25) is 0 Å². The fourth-order valence-corrected chi connectivity index (χ4v) is 0.913. The van der Waals surface area contributed by atoms with E-state index in [4.69, 9.17) is 9.47 Å². The minimum absolute atomic E-state index is 0.0389. The summed E-state index contributed by atoms with van der Waals surface area (Å²) in [4.78, 5) is 26.4. The van der Waals surface area contributed by atoms with E-state index in [0.29, 0.717) is 0 Å². The minimum Gasteiger partial charge on any atom is -0.447 e. The van der Waals surface area contributed by atoms with E-state index in [2.05, 4.69) is 0 Å². The van der Waals surface area contributed by atoms with Gasteiger partial charge in [0.05, 0.1) is 12.8 Å². The summed E-state index contributed by atoms with van der Waals surface area (Å²) in [5, 5.41) is 0. The summed E-state index contributed by atoms with van der Waals surface area (Å²) in [6, 6.07) is 0. The number of hydrogen-bond acceptors (Lipinski definition) is 6. The predicted octanol–water partition coefficient (Wildman–Crippen LogP) is 0.668. The quantitative estimate of drug-likeness (QED) is 0.495. The van der Waals surface area contributed by atoms with Gasteiger partial charge in [-0.15, -0.1) is 0 Å². The molecule has 6 heteroatoms. The lowest BCUT2D eigenvalue weighted by Crippen LogP contribution is -2.31. The molecule has 0 spiro atoms. The molecule has 0 aliphatic carbocycles. The van der Waals surface area contributed by atoms with Crippen LogP contribution in [0.15, 0.2) is 0 Å². The molecule has 18 heavy (non-hydrogen) atoms. The average Bonchev–Trinajstić information content (AvgIpc) is 2.25. The van der Waals surface area contributed by atoms with Crippen molar-refractivity contribution in [3.8, 4) is 0 Å². The van der Waals surface area contributed by atoms with E-state index < -0.39 is 11.9 Å². The maximum atomic E-state index is 11.4. The highest BCUT2D eigenvalue weighted by molar-refractivity contribution is 5.77. The summed E-state index contributed by atoms with van der Waals surface area (Å²) in [5.41, 5.74) is 0. The first kappa shape index (κ1) is 16.9. The molecule has 0 aromatic heterocycles. The Labute approximate surface area is 109 Å². The topological polar surface area (TPSA) is 59.1 Å². The Hall–Kier alpha value is -1.14. The second-order valence-electron chi connectivity index (χ2n) is 4.61. The zero-order valence-corrected chi connectivity index (χ0v) is 12.1. The maximum Gasteiger partial charge on any atom is 0.307 e. The van der Waals surface area contributed by atoms with E-state index in [-0.39, 0.29) is 25.3 Å². The second kappa shape index (κ2) is 8.05. The lowest BCUT2D eigenvalue weighted by molar-refractivity contribution is -0.162. The van der Waals surface area contributed by atoms with E-state index >= 15 is 0 Å². The molecule has 0 aliphatic rings. The molecule has 2 atom stereocenters. The van der Waals surface area contributed by atoms with Crippen molar-refractivity contribution in [1.82, 2.24) is 9.80 Å². The van der Waals surface area contributed by atoms with E-state index in [0.717, 1.165) is 0 Å². The average molecular weight is 260 g/mol. The molecular formula is C12H24N2O4. The Kier molecular flexibility index (Phi) is 7.54. The summed E-state index contributed by atoms with van der Waals surface area (Å²) in [7, 11) is 7.24. The molecule has 6 nitrogen and oxygen atoms in total. The first-order chi connectivity index (χ1) is 8.23. The van der Waals surface area contributed by atoms with Gasteiger partial charge in [-0.1, -0.05) is 0 Å². The fourth-order valence-electron chi connectivity index (χ4n) is 0.913. The molecule has 0 N–H and O–H groups in total. The van der Waals surface area contributed by atoms with Crippen LogP contribution < -0.4 is 0 Å². The number of carbonyl (C=O) groups is 2. The van der Waals surface area contributed by atoms with Gasteiger partial charge in [0.25, 0.3) is 0 Å². The van der Waals surface area contributed by atoms with Gasteiger partial charge >= 0.3 is 11.9 Å². The van der Waals surface area contributed by atoms with Crippen LogP contribution >= 0.6 is 0 Å². The molecule has 0 saturated heterocycles. The van der Waals surface area contributed by atoms with Crippen molar-refractivity contribution < 1.29 is 19.1 Å². The molecule has 0 aromatic rings. The van der Waals surface area contributed by atoms with Gasteiger partial charge in [0.15, 0.2) is 12.5 Å². The standard InChI is InChI=1S/C12H24N2O4/c1-9(13(3)4)17-11(15)7-8-12(16)18-10(2)14(5)6/h9-10H,7-8H2,1-6H3. The van der Waals surface area contributed by atoms with Gasteiger partial charge in [0.2, 0.25) is 0 Å². The predicted molar refractivity (Wildman–Crippen MR) is 67.7 cm³/mol. The smallest absolute Gasteiger partial charge is 0.307 e. The Morgan fingerprint density at radius 3 is 1.33 bits per heavy atom. The Morgan fingerprint density at radius 2 is 1.11 bits per heavy atom. The van der Waals surface area contributed by atoms with Gasteiger partial charge in [-0.3, -0.25) is 19.4 Å². The Morgan fingerprint density at radius 1 is 0.833 bits per heavy atom. The van der Waals surface area contributed by atoms with Crippen LogP contribution in [0.1, 0.15) is 26.7 Å². The van der Waals surface area contributed by atoms with Crippen molar-refractivity contribution in [3.63, 3.8) is 0 Å². The maximum absolute atomic E-state index is 11.4. The zero-order chi connectivity index (χ0) is 14.3. The molecule has 106 valence electrons. The van der Waals surface area contributed by atoms with Crippen LogP contribution in [-0.2, 0) is 19.1 Å². The minimum atomic E-state index is -0.398. The lowest BCUT2D eigenvalue weighted by Gasteiger charge is -2.21. The second-order valence-corrected chi connectivity index (χ2v) is 4.61. The zero-order valence-electron chi connectivity index (χ0n) is 12.1. The van der Waals surface area contributed by atoms with Gasteiger partial charge in [-0.2, -0.15) is 0 Å². The van der Waals surface area contributed by atoms with E-state index in [9.17, 15) is 9.59 Å². The third-order valence-electron chi connectivity index (χ3n) is 2.59. The Balaban J connectivity index is 3.89. The molecule has 2 unspecified atom stereocenters.